The normalized spacial score (nSPS) is 21.1. The monoisotopic (exact) mass is 444 g/mol. The van der Waals surface area contributed by atoms with Crippen LogP contribution >= 0.6 is 11.3 Å². The van der Waals surface area contributed by atoms with Gasteiger partial charge in [-0.05, 0) is 30.4 Å². The number of hydrogen-bond acceptors (Lipinski definition) is 6. The van der Waals surface area contributed by atoms with Crippen LogP contribution in [0.15, 0.2) is 29.8 Å². The van der Waals surface area contributed by atoms with Crippen LogP contribution in [-0.2, 0) is 9.59 Å². The van der Waals surface area contributed by atoms with Crippen molar-refractivity contribution in [1.29, 1.82) is 0 Å². The Labute approximate surface area is 187 Å². The number of benzene rings is 1. The summed E-state index contributed by atoms with van der Waals surface area (Å²) in [5, 5.41) is 13.1. The number of aromatic nitrogens is 1. The number of carbonyl (C=O) groups is 2. The molecule has 8 heteroatoms. The smallest absolute Gasteiger partial charge is 0.243 e. The summed E-state index contributed by atoms with van der Waals surface area (Å²) in [4.78, 5) is 32.7. The van der Waals surface area contributed by atoms with Crippen LogP contribution in [0.1, 0.15) is 51.4 Å². The molecule has 1 aliphatic rings. The molecule has 4 atom stereocenters. The maximum Gasteiger partial charge on any atom is 0.243 e. The summed E-state index contributed by atoms with van der Waals surface area (Å²) in [5.41, 5.74) is 10.6. The van der Waals surface area contributed by atoms with E-state index in [1.54, 1.807) is 11.3 Å². The second-order valence-electron chi connectivity index (χ2n) is 9.36. The summed E-state index contributed by atoms with van der Waals surface area (Å²) in [7, 11) is 0. The zero-order valence-corrected chi connectivity index (χ0v) is 19.6. The first kappa shape index (κ1) is 23.4. The molecule has 4 N–H and O–H groups in total. The van der Waals surface area contributed by atoms with Gasteiger partial charge in [0.05, 0.1) is 34.3 Å². The van der Waals surface area contributed by atoms with Crippen molar-refractivity contribution in [2.45, 2.75) is 65.3 Å². The summed E-state index contributed by atoms with van der Waals surface area (Å²) >= 11 is 1.60. The van der Waals surface area contributed by atoms with E-state index in [0.29, 0.717) is 0 Å². The maximum atomic E-state index is 13.0. The minimum atomic E-state index is -0.742. The first-order chi connectivity index (χ1) is 14.5. The number of aliphatic hydroxyl groups excluding tert-OH is 1. The predicted octanol–water partition coefficient (Wildman–Crippen LogP) is 2.63. The van der Waals surface area contributed by atoms with Crippen molar-refractivity contribution < 1.29 is 14.7 Å². The molecule has 7 nitrogen and oxygen atoms in total. The molecule has 2 heterocycles. The third-order valence-corrected chi connectivity index (χ3v) is 6.82. The largest absolute Gasteiger partial charge is 0.391 e. The maximum absolute atomic E-state index is 13.0. The lowest BCUT2D eigenvalue weighted by Gasteiger charge is -2.32. The van der Waals surface area contributed by atoms with Crippen LogP contribution in [0.3, 0.4) is 0 Å². The number of β-amino-alcohol motifs (C(OH)–C–C–N with tert-alkyl or cyclic N) is 1. The van der Waals surface area contributed by atoms with Crippen LogP contribution in [0.5, 0.6) is 0 Å². The fourth-order valence-electron chi connectivity index (χ4n) is 3.75. The summed E-state index contributed by atoms with van der Waals surface area (Å²) in [6.45, 7) is 9.67. The number of aryl methyl sites for hydroxylation is 1. The van der Waals surface area contributed by atoms with Crippen LogP contribution in [0, 0.1) is 12.3 Å². The Morgan fingerprint density at radius 1 is 1.29 bits per heavy atom. The van der Waals surface area contributed by atoms with Crippen molar-refractivity contribution >= 4 is 23.2 Å². The predicted molar refractivity (Wildman–Crippen MR) is 122 cm³/mol. The molecule has 0 unspecified atom stereocenters. The third-order valence-electron chi connectivity index (χ3n) is 5.84. The molecule has 2 aromatic rings. The van der Waals surface area contributed by atoms with Gasteiger partial charge in [-0.25, -0.2) is 4.98 Å². The SMILES string of the molecule is Cc1ncsc1-c1ccc([C@H](C)NC(=O)[C@H]2C[C@H](O)CN2C(=O)[C@@H](N)C(C)(C)C)cc1. The topological polar surface area (TPSA) is 109 Å². The van der Waals surface area contributed by atoms with Gasteiger partial charge in [-0.1, -0.05) is 45.0 Å². The average Bonchev–Trinajstić information content (AvgIpc) is 3.31. The lowest BCUT2D eigenvalue weighted by atomic mass is 9.86. The molecule has 2 amide bonds. The number of nitrogens with zero attached hydrogens (tertiary/aromatic N) is 2. The van der Waals surface area contributed by atoms with Crippen molar-refractivity contribution in [2.75, 3.05) is 6.54 Å². The highest BCUT2D eigenvalue weighted by Gasteiger charge is 2.42. The Balaban J connectivity index is 1.69. The van der Waals surface area contributed by atoms with Gasteiger partial charge in [-0.15, -0.1) is 11.3 Å². The molecular formula is C23H32N4O3S. The highest BCUT2D eigenvalue weighted by Crippen LogP contribution is 2.29. The number of carbonyl (C=O) groups excluding carboxylic acids is 2. The van der Waals surface area contributed by atoms with E-state index in [2.05, 4.69) is 10.3 Å². The number of hydrogen-bond donors (Lipinski definition) is 3. The standard InChI is InChI=1S/C23H32N4O3S/c1-13(15-6-8-16(9-7-15)19-14(2)25-12-31-19)26-21(29)18-10-17(28)11-27(18)22(30)20(24)23(3,4)5/h6-9,12-13,17-18,20,28H,10-11,24H2,1-5H3,(H,26,29)/t13-,17-,18+,20+/m0/s1. The minimum absolute atomic E-state index is 0.123. The fourth-order valence-corrected chi connectivity index (χ4v) is 4.56. The number of thiazole rings is 1. The van der Waals surface area contributed by atoms with Gasteiger partial charge in [0.1, 0.15) is 6.04 Å². The Bertz CT molecular complexity index is 935. The van der Waals surface area contributed by atoms with Gasteiger partial charge in [0.2, 0.25) is 11.8 Å². The molecule has 1 aliphatic heterocycles. The van der Waals surface area contributed by atoms with Crippen LogP contribution < -0.4 is 11.1 Å². The first-order valence-corrected chi connectivity index (χ1v) is 11.4. The van der Waals surface area contributed by atoms with E-state index < -0.39 is 23.6 Å². The molecule has 0 saturated carbocycles. The molecule has 3 rings (SSSR count). The average molecular weight is 445 g/mol. The zero-order chi connectivity index (χ0) is 22.9. The second-order valence-corrected chi connectivity index (χ2v) is 10.2. The molecule has 0 bridgehead atoms. The van der Waals surface area contributed by atoms with Crippen molar-refractivity contribution in [3.63, 3.8) is 0 Å². The quantitative estimate of drug-likeness (QED) is 0.657. The van der Waals surface area contributed by atoms with Crippen LogP contribution in [-0.4, -0.2) is 51.5 Å². The molecule has 1 aromatic heterocycles. The number of rotatable bonds is 5. The molecule has 0 aliphatic carbocycles. The van der Waals surface area contributed by atoms with Crippen molar-refractivity contribution in [3.05, 3.63) is 41.0 Å². The molecule has 0 radical (unpaired) electrons. The number of nitrogens with one attached hydrogen (secondary N) is 1. The van der Waals surface area contributed by atoms with Gasteiger partial charge in [0.25, 0.3) is 0 Å². The van der Waals surface area contributed by atoms with E-state index in [1.807, 2.05) is 64.4 Å². The van der Waals surface area contributed by atoms with Gasteiger partial charge < -0.3 is 21.1 Å². The van der Waals surface area contributed by atoms with Crippen LogP contribution in [0.2, 0.25) is 0 Å². The van der Waals surface area contributed by atoms with Crippen molar-refractivity contribution in [2.24, 2.45) is 11.1 Å². The zero-order valence-electron chi connectivity index (χ0n) is 18.8. The second kappa shape index (κ2) is 9.06. The van der Waals surface area contributed by atoms with Gasteiger partial charge in [0, 0.05) is 13.0 Å². The lowest BCUT2D eigenvalue weighted by Crippen LogP contribution is -2.55. The summed E-state index contributed by atoms with van der Waals surface area (Å²) in [6, 6.07) is 6.32. The summed E-state index contributed by atoms with van der Waals surface area (Å²) in [5.74, 6) is -0.581. The Morgan fingerprint density at radius 3 is 2.48 bits per heavy atom. The van der Waals surface area contributed by atoms with E-state index in [4.69, 9.17) is 5.73 Å². The Hall–Kier alpha value is -2.29. The van der Waals surface area contributed by atoms with E-state index in [9.17, 15) is 14.7 Å². The van der Waals surface area contributed by atoms with Gasteiger partial charge in [-0.3, -0.25) is 9.59 Å². The number of nitrogens with two attached hydrogens (primary N) is 1. The van der Waals surface area contributed by atoms with Gasteiger partial charge >= 0.3 is 0 Å². The Kier molecular flexibility index (Phi) is 6.83. The van der Waals surface area contributed by atoms with E-state index in [-0.39, 0.29) is 30.8 Å². The minimum Gasteiger partial charge on any atom is -0.391 e. The van der Waals surface area contributed by atoms with Crippen LogP contribution in [0.4, 0.5) is 0 Å². The van der Waals surface area contributed by atoms with Crippen molar-refractivity contribution in [3.8, 4) is 10.4 Å². The van der Waals surface area contributed by atoms with Crippen molar-refractivity contribution in [1.82, 2.24) is 15.2 Å². The van der Waals surface area contributed by atoms with E-state index >= 15 is 0 Å². The van der Waals surface area contributed by atoms with E-state index in [1.165, 1.54) is 4.90 Å². The highest BCUT2D eigenvalue weighted by atomic mass is 32.1. The first-order valence-electron chi connectivity index (χ1n) is 10.5. The molecular weight excluding hydrogens is 412 g/mol. The van der Waals surface area contributed by atoms with Gasteiger partial charge in [0.15, 0.2) is 0 Å². The molecule has 168 valence electrons. The third kappa shape index (κ3) is 5.14. The number of aliphatic hydroxyl groups is 1. The summed E-state index contributed by atoms with van der Waals surface area (Å²) in [6.07, 6.45) is -0.519. The Morgan fingerprint density at radius 2 is 1.94 bits per heavy atom. The molecule has 1 fully saturated rings. The number of amides is 2. The van der Waals surface area contributed by atoms with E-state index in [0.717, 1.165) is 21.7 Å². The number of likely N-dealkylation sites (tertiary alicyclic amines) is 1. The highest BCUT2D eigenvalue weighted by molar-refractivity contribution is 7.13. The summed E-state index contributed by atoms with van der Waals surface area (Å²) < 4.78 is 0. The van der Waals surface area contributed by atoms with Gasteiger partial charge in [-0.2, -0.15) is 0 Å². The lowest BCUT2D eigenvalue weighted by molar-refractivity contribution is -0.141. The molecule has 31 heavy (non-hydrogen) atoms. The molecule has 0 spiro atoms. The molecule has 1 aromatic carbocycles. The van der Waals surface area contributed by atoms with Crippen LogP contribution in [0.25, 0.3) is 10.4 Å². The fraction of sp³-hybridized carbons (Fsp3) is 0.522. The molecule has 1 saturated heterocycles.